The van der Waals surface area contributed by atoms with Crippen LogP contribution in [0.4, 0.5) is 0 Å². The molecular formula is C11H11NO3S2. The Morgan fingerprint density at radius 2 is 2.35 bits per heavy atom. The van der Waals surface area contributed by atoms with Crippen molar-refractivity contribution in [2.45, 2.75) is 13.5 Å². The number of rotatable bonds is 4. The van der Waals surface area contributed by atoms with Crippen molar-refractivity contribution in [2.24, 2.45) is 0 Å². The van der Waals surface area contributed by atoms with Gasteiger partial charge in [0.1, 0.15) is 12.4 Å². The molecule has 2 rings (SSSR count). The van der Waals surface area contributed by atoms with E-state index in [0.29, 0.717) is 10.6 Å². The zero-order chi connectivity index (χ0) is 12.3. The summed E-state index contributed by atoms with van der Waals surface area (Å²) in [5, 5.41) is 0. The summed E-state index contributed by atoms with van der Waals surface area (Å²) >= 11 is 2.83. The summed E-state index contributed by atoms with van der Waals surface area (Å²) in [5.41, 5.74) is 1.71. The van der Waals surface area contributed by atoms with E-state index in [0.717, 1.165) is 9.75 Å². The van der Waals surface area contributed by atoms with Gasteiger partial charge in [-0.25, -0.2) is 4.79 Å². The Hall–Kier alpha value is -1.40. The molecule has 6 heteroatoms. The summed E-state index contributed by atoms with van der Waals surface area (Å²) in [6.07, 6.45) is 1.69. The second-order valence-corrected chi connectivity index (χ2v) is 5.53. The normalized spacial score (nSPS) is 10.2. The lowest BCUT2D eigenvalue weighted by atomic mass is 10.4. The Morgan fingerprint density at radius 3 is 3.00 bits per heavy atom. The Labute approximate surface area is 107 Å². The van der Waals surface area contributed by atoms with Gasteiger partial charge in [0, 0.05) is 11.1 Å². The van der Waals surface area contributed by atoms with Gasteiger partial charge in [0.2, 0.25) is 0 Å². The first-order valence-electron chi connectivity index (χ1n) is 4.89. The maximum Gasteiger partial charge on any atom is 0.352 e. The molecule has 0 aromatic carbocycles. The van der Waals surface area contributed by atoms with Crippen molar-refractivity contribution in [1.82, 2.24) is 4.98 Å². The van der Waals surface area contributed by atoms with Crippen LogP contribution in [0.5, 0.6) is 5.75 Å². The van der Waals surface area contributed by atoms with Crippen molar-refractivity contribution in [1.29, 1.82) is 0 Å². The predicted octanol–water partition coefficient (Wildman–Crippen LogP) is 2.88. The van der Waals surface area contributed by atoms with Gasteiger partial charge in [0.05, 0.1) is 17.5 Å². The van der Waals surface area contributed by atoms with E-state index in [1.165, 1.54) is 22.7 Å². The third-order valence-corrected chi connectivity index (χ3v) is 3.82. The molecular weight excluding hydrogens is 258 g/mol. The SMILES string of the molecule is COc1cc(C)sc1C(=O)OCc1cncs1. The molecule has 0 unspecified atom stereocenters. The first-order chi connectivity index (χ1) is 8.20. The Bertz CT molecular complexity index is 505. The summed E-state index contributed by atoms with van der Waals surface area (Å²) in [7, 11) is 1.54. The molecule has 2 aromatic rings. The van der Waals surface area contributed by atoms with Gasteiger partial charge in [-0.05, 0) is 13.0 Å². The molecule has 0 aliphatic carbocycles. The Balaban J connectivity index is 2.04. The van der Waals surface area contributed by atoms with Crippen LogP contribution in [-0.4, -0.2) is 18.1 Å². The van der Waals surface area contributed by atoms with E-state index in [-0.39, 0.29) is 12.6 Å². The highest BCUT2D eigenvalue weighted by molar-refractivity contribution is 7.14. The van der Waals surface area contributed by atoms with E-state index in [1.54, 1.807) is 18.8 Å². The van der Waals surface area contributed by atoms with E-state index in [2.05, 4.69) is 4.98 Å². The summed E-state index contributed by atoms with van der Waals surface area (Å²) in [4.78, 5) is 18.2. The standard InChI is InChI=1S/C11H11NO3S2/c1-7-3-9(14-2)10(17-7)11(13)15-5-8-4-12-6-16-8/h3-4,6H,5H2,1-2H3. The fourth-order valence-electron chi connectivity index (χ4n) is 1.30. The summed E-state index contributed by atoms with van der Waals surface area (Å²) in [6, 6.07) is 1.83. The molecule has 90 valence electrons. The van der Waals surface area contributed by atoms with Crippen LogP contribution < -0.4 is 4.74 Å². The van der Waals surface area contributed by atoms with Gasteiger partial charge >= 0.3 is 5.97 Å². The fraction of sp³-hybridized carbons (Fsp3) is 0.273. The van der Waals surface area contributed by atoms with Crippen LogP contribution >= 0.6 is 22.7 Å². The lowest BCUT2D eigenvalue weighted by molar-refractivity contribution is 0.0479. The van der Waals surface area contributed by atoms with Crippen LogP contribution in [0.2, 0.25) is 0 Å². The monoisotopic (exact) mass is 269 g/mol. The molecule has 0 saturated heterocycles. The molecule has 0 N–H and O–H groups in total. The average Bonchev–Trinajstić information content (AvgIpc) is 2.94. The van der Waals surface area contributed by atoms with E-state index < -0.39 is 0 Å². The lowest BCUT2D eigenvalue weighted by Gasteiger charge is -2.02. The molecule has 17 heavy (non-hydrogen) atoms. The van der Waals surface area contributed by atoms with E-state index in [9.17, 15) is 4.79 Å². The average molecular weight is 269 g/mol. The van der Waals surface area contributed by atoms with Gasteiger partial charge in [0.15, 0.2) is 4.88 Å². The summed E-state index contributed by atoms with van der Waals surface area (Å²) < 4.78 is 10.3. The molecule has 4 nitrogen and oxygen atoms in total. The highest BCUT2D eigenvalue weighted by Crippen LogP contribution is 2.29. The van der Waals surface area contributed by atoms with Crippen molar-refractivity contribution in [3.05, 3.63) is 32.4 Å². The van der Waals surface area contributed by atoms with Crippen molar-refractivity contribution in [2.75, 3.05) is 7.11 Å². The van der Waals surface area contributed by atoms with Gasteiger partial charge < -0.3 is 9.47 Å². The Kier molecular flexibility index (Phi) is 3.75. The second kappa shape index (κ2) is 5.29. The van der Waals surface area contributed by atoms with Crippen LogP contribution in [0.15, 0.2) is 17.8 Å². The number of carbonyl (C=O) groups is 1. The van der Waals surface area contributed by atoms with Gasteiger partial charge in [-0.1, -0.05) is 0 Å². The molecule has 0 spiro atoms. The number of carbonyl (C=O) groups excluding carboxylic acids is 1. The number of methoxy groups -OCH3 is 1. The maximum absolute atomic E-state index is 11.8. The summed E-state index contributed by atoms with van der Waals surface area (Å²) in [6.45, 7) is 2.18. The molecule has 0 atom stereocenters. The molecule has 0 bridgehead atoms. The van der Waals surface area contributed by atoms with Gasteiger partial charge in [-0.15, -0.1) is 22.7 Å². The van der Waals surface area contributed by atoms with Gasteiger partial charge in [-0.3, -0.25) is 4.98 Å². The van der Waals surface area contributed by atoms with E-state index >= 15 is 0 Å². The molecule has 0 saturated carbocycles. The smallest absolute Gasteiger partial charge is 0.352 e. The predicted molar refractivity (Wildman–Crippen MR) is 66.8 cm³/mol. The van der Waals surface area contributed by atoms with Crippen LogP contribution in [0.25, 0.3) is 0 Å². The third kappa shape index (κ3) is 2.83. The minimum Gasteiger partial charge on any atom is -0.495 e. The first-order valence-corrected chi connectivity index (χ1v) is 6.59. The lowest BCUT2D eigenvalue weighted by Crippen LogP contribution is -2.03. The number of thiophene rings is 1. The molecule has 0 aliphatic heterocycles. The zero-order valence-electron chi connectivity index (χ0n) is 9.43. The van der Waals surface area contributed by atoms with Gasteiger partial charge in [0.25, 0.3) is 0 Å². The molecule has 0 amide bonds. The maximum atomic E-state index is 11.8. The van der Waals surface area contributed by atoms with Crippen molar-refractivity contribution < 1.29 is 14.3 Å². The first kappa shape index (κ1) is 12.1. The quantitative estimate of drug-likeness (QED) is 0.801. The third-order valence-electron chi connectivity index (χ3n) is 2.06. The largest absolute Gasteiger partial charge is 0.495 e. The number of ether oxygens (including phenoxy) is 2. The summed E-state index contributed by atoms with van der Waals surface area (Å²) in [5.74, 6) is 0.218. The van der Waals surface area contributed by atoms with Crippen molar-refractivity contribution in [3.63, 3.8) is 0 Å². The van der Waals surface area contributed by atoms with Crippen molar-refractivity contribution >= 4 is 28.6 Å². The van der Waals surface area contributed by atoms with E-state index in [1.807, 2.05) is 13.0 Å². The number of hydrogen-bond acceptors (Lipinski definition) is 6. The minimum absolute atomic E-state index is 0.254. The molecule has 2 aromatic heterocycles. The molecule has 0 fully saturated rings. The number of aromatic nitrogens is 1. The zero-order valence-corrected chi connectivity index (χ0v) is 11.1. The molecule has 0 aliphatic rings. The highest BCUT2D eigenvalue weighted by atomic mass is 32.1. The van der Waals surface area contributed by atoms with Crippen LogP contribution in [0.1, 0.15) is 19.4 Å². The van der Waals surface area contributed by atoms with E-state index in [4.69, 9.17) is 9.47 Å². The molecule has 0 radical (unpaired) electrons. The second-order valence-electron chi connectivity index (χ2n) is 3.30. The number of hydrogen-bond donors (Lipinski definition) is 0. The molecule has 2 heterocycles. The van der Waals surface area contributed by atoms with Crippen molar-refractivity contribution in [3.8, 4) is 5.75 Å². The topological polar surface area (TPSA) is 48.4 Å². The Morgan fingerprint density at radius 1 is 1.53 bits per heavy atom. The minimum atomic E-state index is -0.353. The number of thiazole rings is 1. The van der Waals surface area contributed by atoms with Crippen LogP contribution in [0.3, 0.4) is 0 Å². The van der Waals surface area contributed by atoms with Crippen LogP contribution in [0, 0.1) is 6.92 Å². The fourth-order valence-corrected chi connectivity index (χ4v) is 2.68. The van der Waals surface area contributed by atoms with Gasteiger partial charge in [-0.2, -0.15) is 0 Å². The number of nitrogens with zero attached hydrogens (tertiary/aromatic N) is 1. The van der Waals surface area contributed by atoms with Crippen LogP contribution in [-0.2, 0) is 11.3 Å². The number of esters is 1. The number of aryl methyl sites for hydroxylation is 1. The highest BCUT2D eigenvalue weighted by Gasteiger charge is 2.17.